The summed E-state index contributed by atoms with van der Waals surface area (Å²) in [7, 11) is 0. The largest absolute Gasteiger partial charge is 0.310 e. The van der Waals surface area contributed by atoms with Crippen molar-refractivity contribution in [1.29, 1.82) is 0 Å². The molecule has 0 aromatic heterocycles. The molecule has 0 unspecified atom stereocenters. The summed E-state index contributed by atoms with van der Waals surface area (Å²) in [6, 6.07) is 67.8. The predicted octanol–water partition coefficient (Wildman–Crippen LogP) is 13.3. The predicted molar refractivity (Wildman–Crippen MR) is 215 cm³/mol. The summed E-state index contributed by atoms with van der Waals surface area (Å²) >= 11 is 0. The van der Waals surface area contributed by atoms with Gasteiger partial charge in [-0.25, -0.2) is 0 Å². The zero-order valence-corrected chi connectivity index (χ0v) is 28.3. The first-order valence-electron chi connectivity index (χ1n) is 17.9. The molecule has 0 saturated carbocycles. The molecule has 0 saturated heterocycles. The fourth-order valence-electron chi connectivity index (χ4n) is 9.59. The number of aryl methyl sites for hydroxylation is 1. The molecule has 2 aliphatic rings. The number of rotatable bonds is 3. The second-order valence-electron chi connectivity index (χ2n) is 14.0. The molecule has 0 N–H and O–H groups in total. The van der Waals surface area contributed by atoms with Crippen molar-refractivity contribution in [3.05, 3.63) is 210 Å². The van der Waals surface area contributed by atoms with Gasteiger partial charge in [0.25, 0.3) is 0 Å². The minimum Gasteiger partial charge on any atom is -0.310 e. The summed E-state index contributed by atoms with van der Waals surface area (Å²) in [5.74, 6) is 0. The normalized spacial score (nSPS) is 13.4. The zero-order valence-electron chi connectivity index (χ0n) is 28.3. The highest BCUT2D eigenvalue weighted by atomic mass is 15.1. The van der Waals surface area contributed by atoms with Gasteiger partial charge in [-0.05, 0) is 120 Å². The molecule has 1 spiro atoms. The third-order valence-electron chi connectivity index (χ3n) is 11.5. The van der Waals surface area contributed by atoms with Gasteiger partial charge in [0.2, 0.25) is 0 Å². The van der Waals surface area contributed by atoms with E-state index in [1.165, 1.54) is 88.1 Å². The van der Waals surface area contributed by atoms with Crippen LogP contribution >= 0.6 is 0 Å². The third-order valence-corrected chi connectivity index (χ3v) is 11.5. The monoisotopic (exact) mass is 647 g/mol. The van der Waals surface area contributed by atoms with E-state index in [2.05, 4.69) is 194 Å². The van der Waals surface area contributed by atoms with Gasteiger partial charge in [-0.15, -0.1) is 0 Å². The summed E-state index contributed by atoms with van der Waals surface area (Å²) in [5.41, 5.74) is 15.1. The molecule has 0 radical (unpaired) electrons. The molecule has 51 heavy (non-hydrogen) atoms. The second kappa shape index (κ2) is 10.5. The molecule has 0 amide bonds. The Bertz CT molecular complexity index is 2840. The van der Waals surface area contributed by atoms with Gasteiger partial charge in [-0.3, -0.25) is 0 Å². The standard InChI is InChI=1S/C50H33N/c1-32-15-5-14-26-46(32)51(34-17-3-2-4-18-34)35-28-30-41-43(31-35)37-20-8-9-23-40(37)47-42-29-27-33-16-6-7-19-36(33)48(42)50(49(41)47)44-24-12-10-21-38(44)39-22-11-13-25-45(39)50/h2-31H,1H3. The lowest BCUT2D eigenvalue weighted by atomic mass is 9.68. The maximum atomic E-state index is 2.44. The Morgan fingerprint density at radius 3 is 1.78 bits per heavy atom. The van der Waals surface area contributed by atoms with Crippen LogP contribution in [-0.2, 0) is 5.41 Å². The Balaban J connectivity index is 1.32. The van der Waals surface area contributed by atoms with Crippen LogP contribution in [0.1, 0.15) is 27.8 Å². The van der Waals surface area contributed by atoms with E-state index in [1.807, 2.05) is 0 Å². The van der Waals surface area contributed by atoms with Crippen LogP contribution in [0.2, 0.25) is 0 Å². The molecule has 0 bridgehead atoms. The van der Waals surface area contributed by atoms with Gasteiger partial charge >= 0.3 is 0 Å². The van der Waals surface area contributed by atoms with E-state index in [-0.39, 0.29) is 0 Å². The van der Waals surface area contributed by atoms with E-state index in [9.17, 15) is 0 Å². The molecule has 0 heterocycles. The molecular formula is C50H33N. The molecule has 1 nitrogen and oxygen atoms in total. The van der Waals surface area contributed by atoms with Crippen LogP contribution in [0.3, 0.4) is 0 Å². The van der Waals surface area contributed by atoms with Crippen LogP contribution in [0.4, 0.5) is 17.1 Å². The summed E-state index contributed by atoms with van der Waals surface area (Å²) in [6.07, 6.45) is 0. The molecule has 238 valence electrons. The van der Waals surface area contributed by atoms with Crippen molar-refractivity contribution in [2.75, 3.05) is 4.90 Å². The molecule has 1 heteroatoms. The first-order chi connectivity index (χ1) is 25.2. The number of benzene rings is 9. The van der Waals surface area contributed by atoms with Crippen LogP contribution in [0.25, 0.3) is 54.6 Å². The number of anilines is 3. The number of para-hydroxylation sites is 2. The first-order valence-corrected chi connectivity index (χ1v) is 17.9. The molecule has 0 aliphatic heterocycles. The van der Waals surface area contributed by atoms with Crippen molar-refractivity contribution >= 4 is 49.4 Å². The van der Waals surface area contributed by atoms with Crippen molar-refractivity contribution in [3.8, 4) is 22.3 Å². The minimum absolute atomic E-state index is 0.475. The second-order valence-corrected chi connectivity index (χ2v) is 14.0. The molecule has 0 atom stereocenters. The van der Waals surface area contributed by atoms with Crippen molar-refractivity contribution in [2.45, 2.75) is 12.3 Å². The smallest absolute Gasteiger partial charge is 0.0737 e. The van der Waals surface area contributed by atoms with Gasteiger partial charge < -0.3 is 4.90 Å². The molecule has 9 aromatic carbocycles. The van der Waals surface area contributed by atoms with Crippen molar-refractivity contribution in [2.24, 2.45) is 0 Å². The van der Waals surface area contributed by atoms with E-state index in [0.29, 0.717) is 0 Å². The van der Waals surface area contributed by atoms with Crippen molar-refractivity contribution in [1.82, 2.24) is 0 Å². The van der Waals surface area contributed by atoms with Crippen LogP contribution < -0.4 is 4.90 Å². The van der Waals surface area contributed by atoms with Gasteiger partial charge in [0.1, 0.15) is 0 Å². The lowest BCUT2D eigenvalue weighted by molar-refractivity contribution is 0.809. The van der Waals surface area contributed by atoms with Crippen molar-refractivity contribution < 1.29 is 0 Å². The Labute approximate surface area is 297 Å². The summed E-state index contributed by atoms with van der Waals surface area (Å²) < 4.78 is 0. The van der Waals surface area contributed by atoms with Gasteiger partial charge in [0, 0.05) is 17.1 Å². The van der Waals surface area contributed by atoms with Crippen LogP contribution in [0.5, 0.6) is 0 Å². The summed E-state index contributed by atoms with van der Waals surface area (Å²) in [4.78, 5) is 2.41. The van der Waals surface area contributed by atoms with E-state index >= 15 is 0 Å². The lowest BCUT2D eigenvalue weighted by Crippen LogP contribution is -2.26. The number of hydrogen-bond acceptors (Lipinski definition) is 1. The summed E-state index contributed by atoms with van der Waals surface area (Å²) in [5, 5.41) is 7.75. The maximum absolute atomic E-state index is 2.44. The number of nitrogens with zero attached hydrogens (tertiary/aromatic N) is 1. The number of hydrogen-bond donors (Lipinski definition) is 0. The van der Waals surface area contributed by atoms with Gasteiger partial charge in [0.05, 0.1) is 5.41 Å². The summed E-state index contributed by atoms with van der Waals surface area (Å²) in [6.45, 7) is 2.20. The molecular weight excluding hydrogens is 615 g/mol. The third kappa shape index (κ3) is 3.70. The van der Waals surface area contributed by atoms with Crippen LogP contribution in [0.15, 0.2) is 182 Å². The quantitative estimate of drug-likeness (QED) is 0.173. The molecule has 0 fully saturated rings. The van der Waals surface area contributed by atoms with Gasteiger partial charge in [0.15, 0.2) is 0 Å². The Morgan fingerprint density at radius 1 is 0.392 bits per heavy atom. The fraction of sp³-hybridized carbons (Fsp3) is 0.0400. The SMILES string of the molecule is Cc1ccccc1N(c1ccccc1)c1ccc2c3c(c4ccccc4c2c1)-c1ccc2ccccc2c1C31c2ccccc2-c2ccccc21. The highest BCUT2D eigenvalue weighted by Gasteiger charge is 2.53. The maximum Gasteiger partial charge on any atom is 0.0737 e. The fourth-order valence-corrected chi connectivity index (χ4v) is 9.59. The zero-order chi connectivity index (χ0) is 33.7. The van der Waals surface area contributed by atoms with Crippen molar-refractivity contribution in [3.63, 3.8) is 0 Å². The highest BCUT2D eigenvalue weighted by molar-refractivity contribution is 6.22. The Morgan fingerprint density at radius 2 is 1.02 bits per heavy atom. The molecule has 2 aliphatic carbocycles. The number of fused-ring (bicyclic) bond motifs is 17. The van der Waals surface area contributed by atoms with E-state index in [1.54, 1.807) is 0 Å². The minimum atomic E-state index is -0.475. The van der Waals surface area contributed by atoms with E-state index < -0.39 is 5.41 Å². The average molecular weight is 648 g/mol. The van der Waals surface area contributed by atoms with Gasteiger partial charge in [-0.2, -0.15) is 0 Å². The first kappa shape index (κ1) is 28.4. The molecule has 11 rings (SSSR count). The van der Waals surface area contributed by atoms with Gasteiger partial charge in [-0.1, -0.05) is 152 Å². The Kier molecular flexibility index (Phi) is 5.86. The average Bonchev–Trinajstić information content (AvgIpc) is 3.67. The topological polar surface area (TPSA) is 3.24 Å². The van der Waals surface area contributed by atoms with Crippen LogP contribution in [-0.4, -0.2) is 0 Å². The lowest BCUT2D eigenvalue weighted by Gasteiger charge is -2.33. The Hall–Kier alpha value is -6.44. The van der Waals surface area contributed by atoms with E-state index in [4.69, 9.17) is 0 Å². The van der Waals surface area contributed by atoms with Crippen LogP contribution in [0, 0.1) is 6.92 Å². The molecule has 9 aromatic rings. The highest BCUT2D eigenvalue weighted by Crippen LogP contribution is 2.66. The van der Waals surface area contributed by atoms with E-state index in [0.717, 1.165) is 11.4 Å².